The maximum Gasteiger partial charge on any atom is 0.267 e. The third-order valence-corrected chi connectivity index (χ3v) is 18.2. The number of nitrogens with zero attached hydrogens (tertiary/aromatic N) is 16. The number of nitrogens with one attached hydrogen (secondary N) is 3. The van der Waals surface area contributed by atoms with Crippen molar-refractivity contribution in [1.82, 2.24) is 93.4 Å². The second kappa shape index (κ2) is 32.9. The zero-order chi connectivity index (χ0) is 79.8. The summed E-state index contributed by atoms with van der Waals surface area (Å²) in [6.07, 6.45) is 11.7. The maximum absolute atomic E-state index is 14.1. The van der Waals surface area contributed by atoms with E-state index in [1.54, 1.807) is 210 Å². The molecule has 0 aliphatic carbocycles. The molecule has 5 atom stereocenters. The van der Waals surface area contributed by atoms with Gasteiger partial charge in [-0.1, -0.05) is 108 Å². The minimum atomic E-state index is -0.841. The Morgan fingerprint density at radius 2 is 0.702 bits per heavy atom. The first-order valence-electron chi connectivity index (χ1n) is 36.2. The number of aromatic nitrogens is 16. The standard InChI is InChI=1S/C31H23N7O2.2C28H24N6O3/c1-20-26(29-33-17-8-18-37(29)36-20)30(39)34-21(2)28-35-25-13-6-10-23(15-14-22-9-7-16-32-19-22)27(25)31(40)38(28)24-11-4-3-5-12-24;2*1-17(35)13-14-20-9-7-12-22-24(20)28(37)34(21-10-5-4-6-11-21)25(31-22)19(3)30-27(36)23-18(2)32-33-16-8-15-29-26(23)33/h3-13,16-19,21H,1-2H3,(H,34,39);2*4-12,15-17,19,35H,1-3H3,(H,30,36)/t21-;17-,19+;17-,19-/m010/s1. The molecule has 27 heteroatoms. The van der Waals surface area contributed by atoms with E-state index in [0.29, 0.717) is 135 Å². The molecule has 0 spiro atoms. The number of aryl methyl sites for hydroxylation is 3. The molecule has 0 fully saturated rings. The van der Waals surface area contributed by atoms with Crippen LogP contribution in [0.25, 0.3) is 66.7 Å². The summed E-state index contributed by atoms with van der Waals surface area (Å²) in [4.78, 5) is 114. The van der Waals surface area contributed by atoms with Gasteiger partial charge in [-0.3, -0.25) is 47.5 Å². The zero-order valence-electron chi connectivity index (χ0n) is 62.7. The molecule has 562 valence electrons. The Morgan fingerprint density at radius 3 is 1.01 bits per heavy atom. The highest BCUT2D eigenvalue weighted by molar-refractivity contribution is 6.03. The molecule has 0 bridgehead atoms. The Morgan fingerprint density at radius 1 is 0.377 bits per heavy atom. The van der Waals surface area contributed by atoms with E-state index in [0.717, 1.165) is 5.56 Å². The van der Waals surface area contributed by atoms with Gasteiger partial charge < -0.3 is 26.2 Å². The maximum atomic E-state index is 14.1. The first-order valence-corrected chi connectivity index (χ1v) is 36.2. The Balaban J connectivity index is 0.000000142. The molecule has 27 nitrogen and oxygen atoms in total. The van der Waals surface area contributed by atoms with E-state index in [1.165, 1.54) is 13.7 Å². The Kier molecular flexibility index (Phi) is 21.8. The lowest BCUT2D eigenvalue weighted by molar-refractivity contribution is 0.0930. The number of carbonyl (C=O) groups excluding carboxylic acids is 3. The van der Waals surface area contributed by atoms with E-state index >= 15 is 0 Å². The van der Waals surface area contributed by atoms with Gasteiger partial charge in [0.25, 0.3) is 34.4 Å². The topological polar surface area (TPSA) is 336 Å². The van der Waals surface area contributed by atoms with Gasteiger partial charge in [0.2, 0.25) is 0 Å². The van der Waals surface area contributed by atoms with Crippen molar-refractivity contribution in [3.63, 3.8) is 0 Å². The highest BCUT2D eigenvalue weighted by Crippen LogP contribution is 2.27. The van der Waals surface area contributed by atoms with Crippen molar-refractivity contribution in [2.75, 3.05) is 0 Å². The van der Waals surface area contributed by atoms with Crippen LogP contribution in [0.3, 0.4) is 0 Å². The lowest BCUT2D eigenvalue weighted by atomic mass is 10.1. The zero-order valence-corrected chi connectivity index (χ0v) is 62.7. The lowest BCUT2D eigenvalue weighted by Gasteiger charge is -2.20. The summed E-state index contributed by atoms with van der Waals surface area (Å²) < 4.78 is 9.18. The van der Waals surface area contributed by atoms with Crippen LogP contribution in [0.5, 0.6) is 0 Å². The van der Waals surface area contributed by atoms with Gasteiger partial charge in [-0.05, 0) is 159 Å². The van der Waals surface area contributed by atoms with Crippen molar-refractivity contribution in [2.24, 2.45) is 0 Å². The largest absolute Gasteiger partial charge is 0.381 e. The van der Waals surface area contributed by atoms with Crippen LogP contribution >= 0.6 is 0 Å². The molecule has 16 rings (SSSR count). The van der Waals surface area contributed by atoms with E-state index in [-0.39, 0.29) is 34.4 Å². The number of aliphatic hydroxyl groups excluding tert-OH is 2. The molecule has 0 saturated carbocycles. The van der Waals surface area contributed by atoms with E-state index in [1.807, 2.05) is 84.9 Å². The minimum absolute atomic E-state index is 0.280. The summed E-state index contributed by atoms with van der Waals surface area (Å²) in [7, 11) is 0. The molecule has 0 aliphatic heterocycles. The average Bonchev–Trinajstić information content (AvgIpc) is 0.854. The molecule has 16 aromatic rings. The minimum Gasteiger partial charge on any atom is -0.381 e. The van der Waals surface area contributed by atoms with Gasteiger partial charge in [-0.2, -0.15) is 15.3 Å². The average molecular weight is 1510 g/mol. The number of hydrogen-bond acceptors (Lipinski definition) is 18. The summed E-state index contributed by atoms with van der Waals surface area (Å²) in [5.74, 6) is 17.4. The lowest BCUT2D eigenvalue weighted by Crippen LogP contribution is -2.33. The fraction of sp³-hybridized carbons (Fsp3) is 0.149. The van der Waals surface area contributed by atoms with E-state index in [4.69, 9.17) is 15.0 Å². The van der Waals surface area contributed by atoms with Crippen LogP contribution in [0, 0.1) is 56.3 Å². The third kappa shape index (κ3) is 15.6. The number of pyridine rings is 1. The van der Waals surface area contributed by atoms with Crippen molar-refractivity contribution in [1.29, 1.82) is 0 Å². The van der Waals surface area contributed by atoms with Crippen LogP contribution in [-0.4, -0.2) is 118 Å². The second-order valence-electron chi connectivity index (χ2n) is 26.5. The number of carbonyl (C=O) groups is 3. The van der Waals surface area contributed by atoms with Crippen LogP contribution in [0.4, 0.5) is 0 Å². The molecule has 0 saturated heterocycles. The van der Waals surface area contributed by atoms with Gasteiger partial charge in [0.05, 0.1) is 85.0 Å². The molecule has 3 amide bonds. The number of amides is 3. The molecule has 0 aliphatic rings. The van der Waals surface area contributed by atoms with Crippen LogP contribution in [0.15, 0.2) is 240 Å². The molecule has 5 N–H and O–H groups in total. The van der Waals surface area contributed by atoms with Gasteiger partial charge >= 0.3 is 0 Å². The molecular formula is C87H71N19O8. The molecule has 0 unspecified atom stereocenters. The van der Waals surface area contributed by atoms with Gasteiger partial charge in [0, 0.05) is 71.8 Å². The van der Waals surface area contributed by atoms with Crippen LogP contribution in [0.2, 0.25) is 0 Å². The Bertz CT molecular complexity index is 6560. The molecule has 114 heavy (non-hydrogen) atoms. The van der Waals surface area contributed by atoms with E-state index in [2.05, 4.69) is 86.7 Å². The number of benzene rings is 6. The summed E-state index contributed by atoms with van der Waals surface area (Å²) in [5.41, 5.74) is 8.56. The van der Waals surface area contributed by atoms with E-state index in [9.17, 15) is 39.0 Å². The monoisotopic (exact) mass is 1510 g/mol. The first-order chi connectivity index (χ1) is 55.2. The number of fused-ring (bicyclic) bond motifs is 6. The predicted molar refractivity (Wildman–Crippen MR) is 430 cm³/mol. The fourth-order valence-corrected chi connectivity index (χ4v) is 13.1. The van der Waals surface area contributed by atoms with Crippen molar-refractivity contribution in [2.45, 2.75) is 85.7 Å². The van der Waals surface area contributed by atoms with Crippen LogP contribution in [-0.2, 0) is 0 Å². The molecule has 0 radical (unpaired) electrons. The normalized spacial score (nSPS) is 12.3. The Labute approximate surface area is 650 Å². The van der Waals surface area contributed by atoms with Gasteiger partial charge in [0.1, 0.15) is 46.4 Å². The number of rotatable bonds is 12. The van der Waals surface area contributed by atoms with Crippen molar-refractivity contribution in [3.8, 4) is 52.6 Å². The van der Waals surface area contributed by atoms with E-state index < -0.39 is 30.3 Å². The molecular weight excluding hydrogens is 1440 g/mol. The highest BCUT2D eigenvalue weighted by atomic mass is 16.3. The number of hydrogen-bond donors (Lipinski definition) is 5. The van der Waals surface area contributed by atoms with Crippen molar-refractivity contribution < 1.29 is 24.6 Å². The first kappa shape index (κ1) is 75.6. The summed E-state index contributed by atoms with van der Waals surface area (Å²) >= 11 is 0. The van der Waals surface area contributed by atoms with Crippen LogP contribution in [0.1, 0.15) is 141 Å². The fourth-order valence-electron chi connectivity index (χ4n) is 13.1. The quantitative estimate of drug-likeness (QED) is 0.0710. The third-order valence-electron chi connectivity index (χ3n) is 18.2. The summed E-state index contributed by atoms with van der Waals surface area (Å²) in [6.45, 7) is 13.7. The van der Waals surface area contributed by atoms with Crippen molar-refractivity contribution >= 4 is 67.4 Å². The summed E-state index contributed by atoms with van der Waals surface area (Å²) in [6, 6.07) is 50.2. The SMILES string of the molecule is Cc1nn2cccnc2c1C(=O)N[C@@H](C)c1nc2cccc(C#C[C@@H](C)O)c2c(=O)n1-c1ccccc1.Cc1nn2cccnc2c1C(=O)N[C@@H](C)c1nc2cccc(C#C[C@H](C)O)c2c(=O)n1-c1ccccc1.Cc1nn2cccnc2c1C(=O)N[C@@H](C)c1nc2cccc(C#Cc3cccnc3)c2c(=O)n1-c1ccccc1. The Hall–Kier alpha value is -15.2. The molecule has 10 heterocycles. The molecule has 6 aromatic carbocycles. The predicted octanol–water partition coefficient (Wildman–Crippen LogP) is 9.94. The van der Waals surface area contributed by atoms with Crippen LogP contribution < -0.4 is 32.6 Å². The van der Waals surface area contributed by atoms with Gasteiger partial charge in [-0.25, -0.2) is 43.5 Å². The van der Waals surface area contributed by atoms with Gasteiger partial charge in [0.15, 0.2) is 16.9 Å². The molecule has 10 aromatic heterocycles. The highest BCUT2D eigenvalue weighted by Gasteiger charge is 2.29. The second-order valence-corrected chi connectivity index (χ2v) is 26.5. The van der Waals surface area contributed by atoms with Crippen molar-refractivity contribution in [3.05, 3.63) is 330 Å². The number of para-hydroxylation sites is 3. The van der Waals surface area contributed by atoms with Gasteiger partial charge in [-0.15, -0.1) is 0 Å². The summed E-state index contributed by atoms with van der Waals surface area (Å²) in [5, 5.41) is 42.4. The smallest absolute Gasteiger partial charge is 0.267 e. The number of aliphatic hydroxyl groups is 2.